The van der Waals surface area contributed by atoms with Gasteiger partial charge in [0.25, 0.3) is 5.56 Å². The zero-order valence-corrected chi connectivity index (χ0v) is 13.0. The van der Waals surface area contributed by atoms with Gasteiger partial charge in [-0.2, -0.15) is 0 Å². The van der Waals surface area contributed by atoms with Crippen LogP contribution in [-0.4, -0.2) is 9.55 Å². The molecule has 0 spiro atoms. The molecule has 22 heavy (non-hydrogen) atoms. The number of rotatable bonds is 3. The van der Waals surface area contributed by atoms with Crippen molar-refractivity contribution in [1.29, 1.82) is 0 Å². The van der Waals surface area contributed by atoms with Crippen molar-refractivity contribution in [2.45, 2.75) is 26.3 Å². The van der Waals surface area contributed by atoms with Gasteiger partial charge in [-0.3, -0.25) is 9.78 Å². The number of nitrogens with zero attached hydrogens (tertiary/aromatic N) is 1. The van der Waals surface area contributed by atoms with Gasteiger partial charge in [0.1, 0.15) is 0 Å². The fourth-order valence-corrected chi connectivity index (χ4v) is 2.65. The van der Waals surface area contributed by atoms with Gasteiger partial charge in [-0.25, -0.2) is 4.79 Å². The van der Waals surface area contributed by atoms with Crippen molar-refractivity contribution in [3.8, 4) is 0 Å². The third-order valence-corrected chi connectivity index (χ3v) is 3.97. The van der Waals surface area contributed by atoms with Crippen LogP contribution in [0.3, 0.4) is 0 Å². The van der Waals surface area contributed by atoms with Gasteiger partial charge >= 0.3 is 5.76 Å². The first kappa shape index (κ1) is 14.7. The normalized spacial score (nSPS) is 11.5. The topological polar surface area (TPSA) is 68.0 Å². The molecule has 114 valence electrons. The summed E-state index contributed by atoms with van der Waals surface area (Å²) >= 11 is 6.16. The van der Waals surface area contributed by atoms with Gasteiger partial charge in [-0.15, -0.1) is 0 Å². The molecule has 6 heteroatoms. The van der Waals surface area contributed by atoms with Crippen LogP contribution in [0.4, 0.5) is 0 Å². The predicted molar refractivity (Wildman–Crippen MR) is 85.7 cm³/mol. The average molecular weight is 319 g/mol. The van der Waals surface area contributed by atoms with E-state index in [0.717, 1.165) is 11.1 Å². The van der Waals surface area contributed by atoms with Gasteiger partial charge in [0.2, 0.25) is 0 Å². The summed E-state index contributed by atoms with van der Waals surface area (Å²) in [4.78, 5) is 26.4. The number of pyridine rings is 1. The molecule has 0 unspecified atom stereocenters. The zero-order valence-electron chi connectivity index (χ0n) is 12.2. The van der Waals surface area contributed by atoms with Gasteiger partial charge in [0, 0.05) is 16.8 Å². The number of aromatic nitrogens is 2. The van der Waals surface area contributed by atoms with Crippen LogP contribution in [0.5, 0.6) is 0 Å². The van der Waals surface area contributed by atoms with Gasteiger partial charge in [0.05, 0.1) is 6.54 Å². The SMILES string of the molecule is CC(C)c1cn(Cc2ccccc2Cl)c(=O)c2[nH]c(=O)oc12. The summed E-state index contributed by atoms with van der Waals surface area (Å²) in [6.07, 6.45) is 1.73. The summed E-state index contributed by atoms with van der Waals surface area (Å²) in [7, 11) is 0. The van der Waals surface area contributed by atoms with Crippen LogP contribution < -0.4 is 11.3 Å². The molecular weight excluding hydrogens is 304 g/mol. The van der Waals surface area contributed by atoms with Crippen molar-refractivity contribution < 1.29 is 4.42 Å². The second-order valence-corrected chi connectivity index (χ2v) is 5.89. The molecule has 0 aliphatic heterocycles. The molecule has 0 bridgehead atoms. The maximum atomic E-state index is 12.5. The molecule has 0 amide bonds. The average Bonchev–Trinajstić information content (AvgIpc) is 2.86. The lowest BCUT2D eigenvalue weighted by atomic mass is 10.0. The fourth-order valence-electron chi connectivity index (χ4n) is 2.45. The first-order valence-corrected chi connectivity index (χ1v) is 7.34. The van der Waals surface area contributed by atoms with Crippen LogP contribution in [0.2, 0.25) is 5.02 Å². The smallest absolute Gasteiger partial charge is 0.407 e. The van der Waals surface area contributed by atoms with E-state index in [1.807, 2.05) is 32.0 Å². The van der Waals surface area contributed by atoms with Crippen LogP contribution in [0.25, 0.3) is 11.1 Å². The lowest BCUT2D eigenvalue weighted by molar-refractivity contribution is 0.548. The van der Waals surface area contributed by atoms with Gasteiger partial charge in [-0.05, 0) is 17.5 Å². The number of hydrogen-bond donors (Lipinski definition) is 1. The fraction of sp³-hybridized carbons (Fsp3) is 0.250. The van der Waals surface area contributed by atoms with Gasteiger partial charge in [-0.1, -0.05) is 43.6 Å². The molecule has 0 atom stereocenters. The minimum Gasteiger partial charge on any atom is -0.407 e. The van der Waals surface area contributed by atoms with Crippen LogP contribution in [0.15, 0.2) is 44.5 Å². The highest BCUT2D eigenvalue weighted by Gasteiger charge is 2.16. The minimum absolute atomic E-state index is 0.111. The summed E-state index contributed by atoms with van der Waals surface area (Å²) < 4.78 is 6.67. The molecule has 2 aromatic heterocycles. The number of benzene rings is 1. The standard InChI is InChI=1S/C16H15ClN2O3/c1-9(2)11-8-19(7-10-5-3-4-6-12(10)17)15(20)13-14(11)22-16(21)18-13/h3-6,8-9H,7H2,1-2H3,(H,18,21). The molecule has 0 saturated carbocycles. The molecule has 3 aromatic rings. The highest BCUT2D eigenvalue weighted by atomic mass is 35.5. The molecule has 0 fully saturated rings. The van der Waals surface area contributed by atoms with E-state index >= 15 is 0 Å². The van der Waals surface area contributed by atoms with Crippen molar-refractivity contribution >= 4 is 22.7 Å². The Labute approximate surface area is 131 Å². The lowest BCUT2D eigenvalue weighted by Crippen LogP contribution is -2.22. The Kier molecular flexibility index (Phi) is 3.66. The molecule has 0 aliphatic carbocycles. The Balaban J connectivity index is 2.22. The molecule has 3 rings (SSSR count). The van der Waals surface area contributed by atoms with E-state index in [1.165, 1.54) is 0 Å². The maximum absolute atomic E-state index is 12.5. The van der Waals surface area contributed by atoms with Crippen molar-refractivity contribution in [2.75, 3.05) is 0 Å². The quantitative estimate of drug-likeness (QED) is 0.806. The minimum atomic E-state index is -0.621. The Morgan fingerprint density at radius 1 is 1.27 bits per heavy atom. The van der Waals surface area contributed by atoms with E-state index < -0.39 is 5.76 Å². The first-order valence-electron chi connectivity index (χ1n) is 6.97. The molecule has 1 N–H and O–H groups in total. The number of nitrogens with one attached hydrogen (secondary N) is 1. The molecule has 0 aliphatic rings. The number of hydrogen-bond acceptors (Lipinski definition) is 3. The molecule has 0 saturated heterocycles. The lowest BCUT2D eigenvalue weighted by Gasteiger charge is -2.12. The van der Waals surface area contributed by atoms with Crippen molar-refractivity contribution in [3.63, 3.8) is 0 Å². The van der Waals surface area contributed by atoms with E-state index in [2.05, 4.69) is 4.98 Å². The van der Waals surface area contributed by atoms with E-state index in [1.54, 1.807) is 16.8 Å². The van der Waals surface area contributed by atoms with Crippen LogP contribution in [0.1, 0.15) is 30.9 Å². The third-order valence-electron chi connectivity index (χ3n) is 3.60. The number of oxazole rings is 1. The van der Waals surface area contributed by atoms with Gasteiger partial charge in [0.15, 0.2) is 11.1 Å². The number of aromatic amines is 1. The second kappa shape index (κ2) is 5.50. The molecule has 0 radical (unpaired) electrons. The molecule has 5 nitrogen and oxygen atoms in total. The Morgan fingerprint density at radius 3 is 2.68 bits per heavy atom. The van der Waals surface area contributed by atoms with E-state index in [9.17, 15) is 9.59 Å². The monoisotopic (exact) mass is 318 g/mol. The first-order chi connectivity index (χ1) is 10.5. The van der Waals surface area contributed by atoms with Crippen LogP contribution in [0, 0.1) is 0 Å². The van der Waals surface area contributed by atoms with E-state index in [0.29, 0.717) is 17.2 Å². The van der Waals surface area contributed by atoms with Crippen molar-refractivity contribution in [1.82, 2.24) is 9.55 Å². The molecular formula is C16H15ClN2O3. The Bertz CT molecular complexity index is 950. The third kappa shape index (κ3) is 2.48. The number of halogens is 1. The van der Waals surface area contributed by atoms with Gasteiger partial charge < -0.3 is 8.98 Å². The van der Waals surface area contributed by atoms with E-state index in [-0.39, 0.29) is 17.0 Å². The summed E-state index contributed by atoms with van der Waals surface area (Å²) in [6, 6.07) is 7.36. The summed E-state index contributed by atoms with van der Waals surface area (Å²) in [5.74, 6) is -0.510. The van der Waals surface area contributed by atoms with E-state index in [4.69, 9.17) is 16.0 Å². The maximum Gasteiger partial charge on any atom is 0.417 e. The molecule has 2 heterocycles. The van der Waals surface area contributed by atoms with Crippen LogP contribution in [-0.2, 0) is 6.54 Å². The number of fused-ring (bicyclic) bond motifs is 1. The van der Waals surface area contributed by atoms with Crippen molar-refractivity contribution in [3.05, 3.63) is 67.5 Å². The van der Waals surface area contributed by atoms with Crippen molar-refractivity contribution in [2.24, 2.45) is 0 Å². The zero-order chi connectivity index (χ0) is 15.9. The second-order valence-electron chi connectivity index (χ2n) is 5.48. The predicted octanol–water partition coefficient (Wildman–Crippen LogP) is 3.11. The summed E-state index contributed by atoms with van der Waals surface area (Å²) in [5.41, 5.74) is 1.88. The summed E-state index contributed by atoms with van der Waals surface area (Å²) in [6.45, 7) is 4.29. The highest BCUT2D eigenvalue weighted by Crippen LogP contribution is 2.22. The Hall–Kier alpha value is -2.27. The van der Waals surface area contributed by atoms with Crippen LogP contribution >= 0.6 is 11.6 Å². The number of H-pyrrole nitrogens is 1. The molecule has 1 aromatic carbocycles. The summed E-state index contributed by atoms with van der Waals surface area (Å²) in [5, 5.41) is 0.598. The largest absolute Gasteiger partial charge is 0.417 e. The highest BCUT2D eigenvalue weighted by molar-refractivity contribution is 6.31. The Morgan fingerprint density at radius 2 is 2.00 bits per heavy atom.